The Labute approximate surface area is 209 Å². The molecule has 5 rings (SSSR count). The van der Waals surface area contributed by atoms with Crippen LogP contribution in [-0.2, 0) is 16.0 Å². The topological polar surface area (TPSA) is 106 Å². The van der Waals surface area contributed by atoms with Crippen molar-refractivity contribution in [3.05, 3.63) is 83.4 Å². The van der Waals surface area contributed by atoms with E-state index in [1.165, 1.54) is 7.11 Å². The van der Waals surface area contributed by atoms with E-state index in [0.717, 1.165) is 11.1 Å². The van der Waals surface area contributed by atoms with Crippen molar-refractivity contribution in [2.75, 3.05) is 27.9 Å². The van der Waals surface area contributed by atoms with Gasteiger partial charge in [-0.25, -0.2) is 0 Å². The highest BCUT2D eigenvalue weighted by Gasteiger charge is 2.73. The van der Waals surface area contributed by atoms with Crippen molar-refractivity contribution in [2.45, 2.75) is 29.6 Å². The van der Waals surface area contributed by atoms with Crippen LogP contribution in [0.4, 0.5) is 0 Å². The fraction of sp³-hybridized carbons (Fsp3) is 0.321. The second kappa shape index (κ2) is 9.04. The van der Waals surface area contributed by atoms with Gasteiger partial charge in [-0.3, -0.25) is 4.79 Å². The van der Waals surface area contributed by atoms with Gasteiger partial charge in [-0.15, -0.1) is 0 Å². The molecule has 188 valence electrons. The third-order valence-electron chi connectivity index (χ3n) is 7.40. The average molecular weight is 492 g/mol. The molecule has 1 fully saturated rings. The zero-order valence-electron chi connectivity index (χ0n) is 20.4. The number of carboxylic acid groups (broad SMARTS) is 1. The van der Waals surface area contributed by atoms with E-state index in [9.17, 15) is 15.0 Å². The molecule has 0 radical (unpaired) electrons. The van der Waals surface area contributed by atoms with E-state index in [1.54, 1.807) is 26.4 Å². The number of rotatable bonds is 8. The van der Waals surface area contributed by atoms with Gasteiger partial charge in [0.05, 0.1) is 33.4 Å². The van der Waals surface area contributed by atoms with E-state index < -0.39 is 23.2 Å². The molecule has 0 aromatic heterocycles. The molecular formula is C28H29NO7. The van der Waals surface area contributed by atoms with Crippen LogP contribution in [0.15, 0.2) is 66.7 Å². The summed E-state index contributed by atoms with van der Waals surface area (Å²) in [7, 11) is 4.67. The van der Waals surface area contributed by atoms with Crippen LogP contribution < -0.4 is 24.3 Å². The standard InChI is InChI=1S/C28H29NO7/c1-33-19-11-9-18(10-12-19)28-21(17-7-5-4-6-8-17)15-24(29-16-25(30)31)27(28,32)26-22(35-3)13-20(34-2)14-23(26)36-28/h4-14,21,24,29,32H,15-16H2,1-3H3,(H,30,31)/t21-,24+,27+,28-/m0/s1. The van der Waals surface area contributed by atoms with Gasteiger partial charge < -0.3 is 34.5 Å². The van der Waals surface area contributed by atoms with Crippen molar-refractivity contribution in [1.29, 1.82) is 0 Å². The number of carboxylic acids is 1. The van der Waals surface area contributed by atoms with Crippen LogP contribution in [0, 0.1) is 0 Å². The lowest BCUT2D eigenvalue weighted by molar-refractivity contribution is -0.138. The molecule has 3 aromatic carbocycles. The highest BCUT2D eigenvalue weighted by Crippen LogP contribution is 2.68. The quantitative estimate of drug-likeness (QED) is 0.440. The summed E-state index contributed by atoms with van der Waals surface area (Å²) in [6, 6.07) is 20.0. The van der Waals surface area contributed by atoms with Gasteiger partial charge in [0.25, 0.3) is 0 Å². The molecule has 3 N–H and O–H groups in total. The first-order valence-corrected chi connectivity index (χ1v) is 11.7. The van der Waals surface area contributed by atoms with Crippen molar-refractivity contribution < 1.29 is 34.0 Å². The predicted molar refractivity (Wildman–Crippen MR) is 132 cm³/mol. The smallest absolute Gasteiger partial charge is 0.317 e. The number of nitrogens with one attached hydrogen (secondary N) is 1. The maximum atomic E-state index is 12.9. The number of aliphatic carboxylic acids is 1. The monoisotopic (exact) mass is 491 g/mol. The minimum Gasteiger partial charge on any atom is -0.497 e. The van der Waals surface area contributed by atoms with Gasteiger partial charge in [0, 0.05) is 24.1 Å². The molecule has 8 nitrogen and oxygen atoms in total. The molecule has 8 heteroatoms. The Morgan fingerprint density at radius 2 is 1.69 bits per heavy atom. The van der Waals surface area contributed by atoms with Crippen LogP contribution in [0.3, 0.4) is 0 Å². The molecule has 1 heterocycles. The molecule has 4 atom stereocenters. The minimum absolute atomic E-state index is 0.318. The van der Waals surface area contributed by atoms with E-state index in [4.69, 9.17) is 18.9 Å². The third kappa shape index (κ3) is 3.40. The average Bonchev–Trinajstić information content (AvgIpc) is 3.32. The van der Waals surface area contributed by atoms with Crippen LogP contribution in [0.5, 0.6) is 23.0 Å². The Balaban J connectivity index is 1.80. The first-order valence-electron chi connectivity index (χ1n) is 11.7. The van der Waals surface area contributed by atoms with E-state index in [2.05, 4.69) is 5.32 Å². The molecule has 0 amide bonds. The van der Waals surface area contributed by atoms with Gasteiger partial charge in [-0.1, -0.05) is 42.5 Å². The van der Waals surface area contributed by atoms with Gasteiger partial charge in [-0.05, 0) is 29.7 Å². The van der Waals surface area contributed by atoms with Gasteiger partial charge in [0.15, 0.2) is 11.2 Å². The van der Waals surface area contributed by atoms with Gasteiger partial charge in [-0.2, -0.15) is 0 Å². The number of methoxy groups -OCH3 is 3. The zero-order valence-corrected chi connectivity index (χ0v) is 20.4. The second-order valence-corrected chi connectivity index (χ2v) is 9.06. The summed E-state index contributed by atoms with van der Waals surface area (Å²) in [5, 5.41) is 25.4. The number of aliphatic hydroxyl groups is 1. The largest absolute Gasteiger partial charge is 0.497 e. The Hall–Kier alpha value is -3.75. The summed E-state index contributed by atoms with van der Waals surface area (Å²) in [6.45, 7) is -0.318. The van der Waals surface area contributed by atoms with Crippen LogP contribution >= 0.6 is 0 Å². The second-order valence-electron chi connectivity index (χ2n) is 9.06. The lowest BCUT2D eigenvalue weighted by atomic mass is 9.71. The summed E-state index contributed by atoms with van der Waals surface area (Å²) in [4.78, 5) is 11.5. The Bertz CT molecular complexity index is 1260. The molecule has 0 unspecified atom stereocenters. The Morgan fingerprint density at radius 1 is 1.00 bits per heavy atom. The Kier molecular flexibility index (Phi) is 6.02. The Morgan fingerprint density at radius 3 is 2.31 bits per heavy atom. The summed E-state index contributed by atoms with van der Waals surface area (Å²) in [5.74, 6) is 0.670. The van der Waals surface area contributed by atoms with E-state index in [1.807, 2.05) is 54.6 Å². The first-order chi connectivity index (χ1) is 17.4. The summed E-state index contributed by atoms with van der Waals surface area (Å²) >= 11 is 0. The zero-order chi connectivity index (χ0) is 25.5. The lowest BCUT2D eigenvalue weighted by Gasteiger charge is -2.41. The summed E-state index contributed by atoms with van der Waals surface area (Å²) in [5.41, 5.74) is -0.812. The number of hydrogen-bond acceptors (Lipinski definition) is 7. The predicted octanol–water partition coefficient (Wildman–Crippen LogP) is 3.42. The highest BCUT2D eigenvalue weighted by atomic mass is 16.5. The minimum atomic E-state index is -1.68. The number of fused-ring (bicyclic) bond motifs is 3. The molecule has 36 heavy (non-hydrogen) atoms. The molecule has 0 spiro atoms. The third-order valence-corrected chi connectivity index (χ3v) is 7.40. The lowest BCUT2D eigenvalue weighted by Crippen LogP contribution is -2.56. The van der Waals surface area contributed by atoms with Crippen LogP contribution in [0.1, 0.15) is 29.0 Å². The number of carbonyl (C=O) groups is 1. The van der Waals surface area contributed by atoms with Gasteiger partial charge in [0.1, 0.15) is 23.0 Å². The van der Waals surface area contributed by atoms with Crippen LogP contribution in [0.25, 0.3) is 0 Å². The fourth-order valence-corrected chi connectivity index (χ4v) is 5.90. The van der Waals surface area contributed by atoms with Crippen molar-refractivity contribution in [2.24, 2.45) is 0 Å². The number of ether oxygens (including phenoxy) is 4. The van der Waals surface area contributed by atoms with Crippen LogP contribution in [0.2, 0.25) is 0 Å². The normalized spacial score (nSPS) is 26.0. The maximum Gasteiger partial charge on any atom is 0.317 e. The van der Waals surface area contributed by atoms with Crippen LogP contribution in [-0.4, -0.2) is 50.1 Å². The summed E-state index contributed by atoms with van der Waals surface area (Å²) < 4.78 is 23.4. The first kappa shape index (κ1) is 24.0. The van der Waals surface area contributed by atoms with Gasteiger partial charge >= 0.3 is 5.97 Å². The van der Waals surface area contributed by atoms with Gasteiger partial charge in [0.2, 0.25) is 0 Å². The molecule has 2 aliphatic rings. The summed E-state index contributed by atoms with van der Waals surface area (Å²) in [6.07, 6.45) is 0.425. The SMILES string of the molecule is COc1ccc([C@@]23Oc4cc(OC)cc(OC)c4[C@]2(O)[C@H](NCC(=O)O)C[C@H]3c2ccccc2)cc1. The molecule has 0 bridgehead atoms. The van der Waals surface area contributed by atoms with Crippen molar-refractivity contribution in [3.63, 3.8) is 0 Å². The molecule has 0 saturated heterocycles. The number of hydrogen-bond donors (Lipinski definition) is 3. The van der Waals surface area contributed by atoms with E-state index >= 15 is 0 Å². The molecule has 1 saturated carbocycles. The molecule has 1 aliphatic carbocycles. The van der Waals surface area contributed by atoms with E-state index in [-0.39, 0.29) is 12.5 Å². The number of benzene rings is 3. The molecular weight excluding hydrogens is 462 g/mol. The van der Waals surface area contributed by atoms with Crippen molar-refractivity contribution >= 4 is 5.97 Å². The highest BCUT2D eigenvalue weighted by molar-refractivity contribution is 5.69. The van der Waals surface area contributed by atoms with E-state index in [0.29, 0.717) is 35.0 Å². The van der Waals surface area contributed by atoms with Crippen molar-refractivity contribution in [1.82, 2.24) is 5.32 Å². The fourth-order valence-electron chi connectivity index (χ4n) is 5.90. The van der Waals surface area contributed by atoms with Crippen molar-refractivity contribution in [3.8, 4) is 23.0 Å². The molecule has 1 aliphatic heterocycles. The molecule has 3 aromatic rings. The maximum absolute atomic E-state index is 12.9.